The summed E-state index contributed by atoms with van der Waals surface area (Å²) in [6.07, 6.45) is 8.07. The van der Waals surface area contributed by atoms with Gasteiger partial charge in [-0.2, -0.15) is 0 Å². The maximum Gasteiger partial charge on any atom is 0.137 e. The van der Waals surface area contributed by atoms with Crippen molar-refractivity contribution in [3.63, 3.8) is 0 Å². The van der Waals surface area contributed by atoms with E-state index in [1.807, 2.05) is 36.5 Å². The number of benzene rings is 1. The molecule has 1 aromatic carbocycles. The second kappa shape index (κ2) is 7.01. The van der Waals surface area contributed by atoms with E-state index in [4.69, 9.17) is 0 Å². The standard InChI is InChI=1S/C21H21N3O/c25-18(12-15-6-7-15)13-16-3-1-4-17(11-16)14-21-23-10-8-20(24-21)19-5-2-9-22-19/h1-5,8-11,15,22H,6-7,12-14H2. The van der Waals surface area contributed by atoms with E-state index in [9.17, 15) is 4.79 Å². The first kappa shape index (κ1) is 15.8. The third-order valence-electron chi connectivity index (χ3n) is 4.55. The molecule has 3 aromatic rings. The monoisotopic (exact) mass is 331 g/mol. The summed E-state index contributed by atoms with van der Waals surface area (Å²) in [4.78, 5) is 24.3. The molecule has 0 radical (unpaired) electrons. The van der Waals surface area contributed by atoms with Gasteiger partial charge >= 0.3 is 0 Å². The van der Waals surface area contributed by atoms with Gasteiger partial charge in [0.1, 0.15) is 11.6 Å². The van der Waals surface area contributed by atoms with Crippen LogP contribution in [0.25, 0.3) is 11.4 Å². The van der Waals surface area contributed by atoms with Crippen LogP contribution in [0.3, 0.4) is 0 Å². The Labute approximate surface area is 147 Å². The molecular formula is C21H21N3O. The quantitative estimate of drug-likeness (QED) is 0.712. The van der Waals surface area contributed by atoms with E-state index in [-0.39, 0.29) is 0 Å². The molecule has 0 bridgehead atoms. The highest BCUT2D eigenvalue weighted by atomic mass is 16.1. The van der Waals surface area contributed by atoms with Crippen LogP contribution in [0.2, 0.25) is 0 Å². The summed E-state index contributed by atoms with van der Waals surface area (Å²) in [6.45, 7) is 0. The number of aromatic nitrogens is 3. The molecule has 1 N–H and O–H groups in total. The largest absolute Gasteiger partial charge is 0.360 e. The second-order valence-electron chi connectivity index (χ2n) is 6.80. The van der Waals surface area contributed by atoms with Crippen LogP contribution in [-0.2, 0) is 17.6 Å². The number of carbonyl (C=O) groups excluding carboxylic acids is 1. The molecule has 1 aliphatic carbocycles. The van der Waals surface area contributed by atoms with Gasteiger partial charge in [-0.1, -0.05) is 24.3 Å². The van der Waals surface area contributed by atoms with Crippen molar-refractivity contribution in [3.05, 3.63) is 71.8 Å². The third-order valence-corrected chi connectivity index (χ3v) is 4.55. The van der Waals surface area contributed by atoms with Gasteiger partial charge in [-0.05, 0) is 48.1 Å². The number of aromatic amines is 1. The van der Waals surface area contributed by atoms with Crippen molar-refractivity contribution in [1.29, 1.82) is 0 Å². The molecule has 0 spiro atoms. The van der Waals surface area contributed by atoms with Gasteiger partial charge in [-0.3, -0.25) is 4.79 Å². The molecule has 4 rings (SSSR count). The van der Waals surface area contributed by atoms with Crippen molar-refractivity contribution in [2.75, 3.05) is 0 Å². The fourth-order valence-corrected chi connectivity index (χ4v) is 3.10. The lowest BCUT2D eigenvalue weighted by Crippen LogP contribution is -2.04. The van der Waals surface area contributed by atoms with Gasteiger partial charge in [0.25, 0.3) is 0 Å². The number of rotatable bonds is 7. The van der Waals surface area contributed by atoms with Crippen molar-refractivity contribution in [2.45, 2.75) is 32.1 Å². The number of nitrogens with one attached hydrogen (secondary N) is 1. The second-order valence-corrected chi connectivity index (χ2v) is 6.80. The first-order chi connectivity index (χ1) is 12.3. The number of H-pyrrole nitrogens is 1. The first-order valence-corrected chi connectivity index (χ1v) is 8.81. The van der Waals surface area contributed by atoms with Gasteiger partial charge in [-0.25, -0.2) is 9.97 Å². The third kappa shape index (κ3) is 4.21. The summed E-state index contributed by atoms with van der Waals surface area (Å²) in [5, 5.41) is 0. The van der Waals surface area contributed by atoms with E-state index in [0.29, 0.717) is 24.5 Å². The lowest BCUT2D eigenvalue weighted by molar-refractivity contribution is -0.118. The Morgan fingerprint density at radius 2 is 2.00 bits per heavy atom. The minimum atomic E-state index is 0.352. The molecule has 2 aromatic heterocycles. The van der Waals surface area contributed by atoms with Crippen molar-refractivity contribution >= 4 is 5.78 Å². The molecule has 0 atom stereocenters. The van der Waals surface area contributed by atoms with Crippen molar-refractivity contribution < 1.29 is 4.79 Å². The Morgan fingerprint density at radius 3 is 2.80 bits per heavy atom. The van der Waals surface area contributed by atoms with Gasteiger partial charge in [-0.15, -0.1) is 0 Å². The summed E-state index contributed by atoms with van der Waals surface area (Å²) in [5.74, 6) is 1.79. The smallest absolute Gasteiger partial charge is 0.137 e. The highest BCUT2D eigenvalue weighted by molar-refractivity contribution is 5.81. The number of ketones is 1. The average Bonchev–Trinajstić information content (AvgIpc) is 3.24. The number of Topliss-reactive ketones (excluding diaryl/α,β-unsaturated/α-hetero) is 1. The Bertz CT molecular complexity index is 866. The topological polar surface area (TPSA) is 58.6 Å². The predicted octanol–water partition coefficient (Wildman–Crippen LogP) is 3.97. The van der Waals surface area contributed by atoms with Crippen molar-refractivity contribution in [2.24, 2.45) is 5.92 Å². The van der Waals surface area contributed by atoms with E-state index >= 15 is 0 Å². The fourth-order valence-electron chi connectivity index (χ4n) is 3.10. The summed E-state index contributed by atoms with van der Waals surface area (Å²) in [6, 6.07) is 14.1. The minimum Gasteiger partial charge on any atom is -0.360 e. The number of carbonyl (C=O) groups is 1. The molecule has 2 heterocycles. The van der Waals surface area contributed by atoms with Crippen LogP contribution < -0.4 is 0 Å². The van der Waals surface area contributed by atoms with E-state index in [0.717, 1.165) is 34.8 Å². The van der Waals surface area contributed by atoms with Crippen molar-refractivity contribution in [3.8, 4) is 11.4 Å². The number of nitrogens with zero attached hydrogens (tertiary/aromatic N) is 2. The summed E-state index contributed by atoms with van der Waals surface area (Å²) < 4.78 is 0. The lowest BCUT2D eigenvalue weighted by Gasteiger charge is -2.06. The zero-order valence-electron chi connectivity index (χ0n) is 14.1. The fraction of sp³-hybridized carbons (Fsp3) is 0.286. The number of hydrogen-bond acceptors (Lipinski definition) is 3. The molecule has 0 saturated heterocycles. The van der Waals surface area contributed by atoms with E-state index < -0.39 is 0 Å². The molecule has 4 nitrogen and oxygen atoms in total. The maximum atomic E-state index is 12.1. The molecule has 25 heavy (non-hydrogen) atoms. The highest BCUT2D eigenvalue weighted by Gasteiger charge is 2.24. The van der Waals surface area contributed by atoms with Crippen molar-refractivity contribution in [1.82, 2.24) is 15.0 Å². The molecule has 0 aliphatic heterocycles. The van der Waals surface area contributed by atoms with Crippen LogP contribution in [0.5, 0.6) is 0 Å². The van der Waals surface area contributed by atoms with Gasteiger partial charge in [0, 0.05) is 31.7 Å². The van der Waals surface area contributed by atoms with Crippen LogP contribution >= 0.6 is 0 Å². The Hall–Kier alpha value is -2.75. The van der Waals surface area contributed by atoms with Gasteiger partial charge in [0.05, 0.1) is 11.4 Å². The average molecular weight is 331 g/mol. The van der Waals surface area contributed by atoms with Crippen LogP contribution in [0.15, 0.2) is 54.9 Å². The van der Waals surface area contributed by atoms with E-state index in [2.05, 4.69) is 27.1 Å². The highest BCUT2D eigenvalue weighted by Crippen LogP contribution is 2.32. The minimum absolute atomic E-state index is 0.352. The van der Waals surface area contributed by atoms with Crippen LogP contribution in [0.4, 0.5) is 0 Å². The van der Waals surface area contributed by atoms with Gasteiger partial charge < -0.3 is 4.98 Å². The van der Waals surface area contributed by atoms with Crippen LogP contribution in [-0.4, -0.2) is 20.7 Å². The van der Waals surface area contributed by atoms with Crippen LogP contribution in [0, 0.1) is 5.92 Å². The number of hydrogen-bond donors (Lipinski definition) is 1. The normalized spacial score (nSPS) is 13.8. The first-order valence-electron chi connectivity index (χ1n) is 8.81. The summed E-state index contributed by atoms with van der Waals surface area (Å²) >= 11 is 0. The molecule has 1 aliphatic rings. The summed E-state index contributed by atoms with van der Waals surface area (Å²) in [5.41, 5.74) is 4.11. The predicted molar refractivity (Wildman–Crippen MR) is 97.1 cm³/mol. The zero-order chi connectivity index (χ0) is 17.1. The van der Waals surface area contributed by atoms with E-state index in [1.54, 1.807) is 6.20 Å². The molecule has 0 unspecified atom stereocenters. The Balaban J connectivity index is 1.46. The van der Waals surface area contributed by atoms with E-state index in [1.165, 1.54) is 12.8 Å². The summed E-state index contributed by atoms with van der Waals surface area (Å²) in [7, 11) is 0. The molecular weight excluding hydrogens is 310 g/mol. The zero-order valence-corrected chi connectivity index (χ0v) is 14.1. The Morgan fingerprint density at radius 1 is 1.12 bits per heavy atom. The molecule has 126 valence electrons. The SMILES string of the molecule is O=C(Cc1cccc(Cc2nccc(-c3ccc[nH]3)n2)c1)CC1CC1. The molecule has 1 fully saturated rings. The molecule has 1 saturated carbocycles. The maximum absolute atomic E-state index is 12.1. The van der Waals surface area contributed by atoms with Gasteiger partial charge in [0.2, 0.25) is 0 Å². The molecule has 0 amide bonds. The Kier molecular flexibility index (Phi) is 4.42. The van der Waals surface area contributed by atoms with Crippen LogP contribution in [0.1, 0.15) is 36.2 Å². The van der Waals surface area contributed by atoms with Gasteiger partial charge in [0.15, 0.2) is 0 Å². The lowest BCUT2D eigenvalue weighted by atomic mass is 10.0. The molecule has 4 heteroatoms.